The van der Waals surface area contributed by atoms with Crippen molar-refractivity contribution in [1.82, 2.24) is 25.9 Å². The molecule has 4 atom stereocenters. The van der Waals surface area contributed by atoms with E-state index in [1.807, 2.05) is 91.0 Å². The Morgan fingerprint density at radius 3 is 2.11 bits per heavy atom. The predicted molar refractivity (Wildman–Crippen MR) is 237 cm³/mol. The molecular weight excluding hydrogens is 791 g/mol. The monoisotopic (exact) mass is 867 g/mol. The summed E-state index contributed by atoms with van der Waals surface area (Å²) < 4.78 is 17.2. The van der Waals surface area contributed by atoms with Gasteiger partial charge in [0.1, 0.15) is 29.9 Å². The van der Waals surface area contributed by atoms with Crippen molar-refractivity contribution in [3.05, 3.63) is 48.0 Å². The van der Waals surface area contributed by atoms with E-state index >= 15 is 0 Å². The molecule has 4 rings (SSSR count). The first kappa shape index (κ1) is 50.5. The molecule has 1 aromatic carbocycles. The fourth-order valence-electron chi connectivity index (χ4n) is 9.10. The van der Waals surface area contributed by atoms with Gasteiger partial charge in [0.2, 0.25) is 11.8 Å². The van der Waals surface area contributed by atoms with Gasteiger partial charge in [0, 0.05) is 37.0 Å². The van der Waals surface area contributed by atoms with Crippen molar-refractivity contribution in [3.8, 4) is 0 Å². The van der Waals surface area contributed by atoms with Crippen LogP contribution in [-0.2, 0) is 40.2 Å². The second-order valence-electron chi connectivity index (χ2n) is 20.3. The number of alkyl carbamates (subject to hydrolysis) is 2. The third kappa shape index (κ3) is 16.2. The van der Waals surface area contributed by atoms with Gasteiger partial charge in [0.25, 0.3) is 0 Å². The maximum atomic E-state index is 14.5. The van der Waals surface area contributed by atoms with E-state index in [1.54, 1.807) is 4.90 Å². The Balaban J connectivity index is 1.42. The standard InChI is InChI=1S/C48H76N5O9/c1-33(2)29-36(50-45(58)62-46(3,4)5)26-25-35(30-34-19-12-10-13-20-34)42(55)52-28-18-24-40(52)41(54)51-39(43(56)60-37-21-14-11-15-22-37)23-16-17-27-49-44(57)61-38-31-47(6,7)53(59)48(8,9)32-38/h10,12-13,19-20,25-26,33,35-40H,11,14-18,21-24,27-32H2,1-9H3,(H,49,57)(H,50,58)(H,51,54)/b26-25+/t35-,36-,39+,40-/m1/s1. The number of nitrogens with one attached hydrogen (secondary N) is 3. The van der Waals surface area contributed by atoms with Crippen LogP contribution in [0.5, 0.6) is 0 Å². The Labute approximate surface area is 370 Å². The molecule has 1 aromatic rings. The summed E-state index contributed by atoms with van der Waals surface area (Å²) in [5, 5.41) is 22.6. The van der Waals surface area contributed by atoms with E-state index in [0.717, 1.165) is 42.7 Å². The number of carbonyl (C=O) groups excluding carboxylic acids is 5. The van der Waals surface area contributed by atoms with Gasteiger partial charge in [0.15, 0.2) is 0 Å². The lowest BCUT2D eigenvalue weighted by Crippen LogP contribution is -2.60. The third-order valence-corrected chi connectivity index (χ3v) is 11.9. The number of rotatable bonds is 18. The molecule has 14 nitrogen and oxygen atoms in total. The number of unbranched alkanes of at least 4 members (excludes halogenated alkanes) is 1. The lowest BCUT2D eigenvalue weighted by molar-refractivity contribution is -0.298. The van der Waals surface area contributed by atoms with Crippen molar-refractivity contribution in [3.63, 3.8) is 0 Å². The number of ether oxygens (including phenoxy) is 3. The quantitative estimate of drug-likeness (QED) is 0.0572. The first-order chi connectivity index (χ1) is 29.1. The van der Waals surface area contributed by atoms with Crippen LogP contribution in [0.25, 0.3) is 0 Å². The molecule has 1 radical (unpaired) electrons. The fourth-order valence-corrected chi connectivity index (χ4v) is 9.10. The van der Waals surface area contributed by atoms with Crippen LogP contribution in [-0.4, -0.2) is 100 Å². The first-order valence-corrected chi connectivity index (χ1v) is 23.1. The van der Waals surface area contributed by atoms with Gasteiger partial charge >= 0.3 is 18.2 Å². The molecule has 0 spiro atoms. The summed E-state index contributed by atoms with van der Waals surface area (Å²) in [6.07, 6.45) is 11.0. The third-order valence-electron chi connectivity index (χ3n) is 11.9. The van der Waals surface area contributed by atoms with Crippen LogP contribution in [0.2, 0.25) is 0 Å². The van der Waals surface area contributed by atoms with Crippen LogP contribution in [0.4, 0.5) is 9.59 Å². The molecule has 2 heterocycles. The number of carbonyl (C=O) groups is 5. The van der Waals surface area contributed by atoms with E-state index in [1.165, 1.54) is 0 Å². The molecule has 14 heteroatoms. The molecule has 3 N–H and O–H groups in total. The molecule has 0 bridgehead atoms. The Bertz CT molecular complexity index is 1640. The van der Waals surface area contributed by atoms with Crippen LogP contribution in [0.15, 0.2) is 42.5 Å². The van der Waals surface area contributed by atoms with Crippen LogP contribution in [0.3, 0.4) is 0 Å². The smallest absolute Gasteiger partial charge is 0.408 e. The summed E-state index contributed by atoms with van der Waals surface area (Å²) in [4.78, 5) is 69.6. The summed E-state index contributed by atoms with van der Waals surface area (Å²) >= 11 is 0. The zero-order valence-corrected chi connectivity index (χ0v) is 39.0. The van der Waals surface area contributed by atoms with E-state index in [9.17, 15) is 29.2 Å². The van der Waals surface area contributed by atoms with Crippen molar-refractivity contribution in [2.45, 2.75) is 199 Å². The van der Waals surface area contributed by atoms with Gasteiger partial charge in [0.05, 0.1) is 12.0 Å². The summed E-state index contributed by atoms with van der Waals surface area (Å²) in [7, 11) is 0. The van der Waals surface area contributed by atoms with Crippen molar-refractivity contribution in [1.29, 1.82) is 0 Å². The van der Waals surface area contributed by atoms with E-state index in [0.29, 0.717) is 70.9 Å². The van der Waals surface area contributed by atoms with Crippen molar-refractivity contribution >= 4 is 30.0 Å². The molecule has 0 unspecified atom stereocenters. The average molecular weight is 867 g/mol. The van der Waals surface area contributed by atoms with Gasteiger partial charge < -0.3 is 35.1 Å². The van der Waals surface area contributed by atoms with Crippen molar-refractivity contribution in [2.75, 3.05) is 13.1 Å². The first-order valence-electron chi connectivity index (χ1n) is 23.1. The fraction of sp³-hybridized carbons (Fsp3) is 0.729. The molecule has 3 fully saturated rings. The predicted octanol–water partition coefficient (Wildman–Crippen LogP) is 7.96. The second kappa shape index (κ2) is 23.0. The molecule has 4 amide bonds. The lowest BCUT2D eigenvalue weighted by atomic mass is 9.80. The largest absolute Gasteiger partial charge is 0.461 e. The van der Waals surface area contributed by atoms with Crippen LogP contribution >= 0.6 is 0 Å². The molecule has 1 saturated carbocycles. The number of hydroxylamine groups is 2. The maximum Gasteiger partial charge on any atom is 0.408 e. The highest BCUT2D eigenvalue weighted by atomic mass is 16.6. The van der Waals surface area contributed by atoms with E-state index in [-0.39, 0.29) is 24.0 Å². The van der Waals surface area contributed by atoms with Gasteiger partial charge in [-0.2, -0.15) is 0 Å². The van der Waals surface area contributed by atoms with Crippen LogP contribution < -0.4 is 16.0 Å². The molecule has 1 aliphatic carbocycles. The van der Waals surface area contributed by atoms with Gasteiger partial charge in [-0.15, -0.1) is 10.3 Å². The molecule has 347 valence electrons. The number of hydrogen-bond acceptors (Lipinski definition) is 9. The summed E-state index contributed by atoms with van der Waals surface area (Å²) in [6.45, 7) is 17.7. The van der Waals surface area contributed by atoms with E-state index in [4.69, 9.17) is 14.2 Å². The molecular formula is C48H76N5O9. The van der Waals surface area contributed by atoms with Gasteiger partial charge in [-0.25, -0.2) is 14.4 Å². The van der Waals surface area contributed by atoms with E-state index < -0.39 is 64.8 Å². The summed E-state index contributed by atoms with van der Waals surface area (Å²) in [5.74, 6) is -1.45. The Morgan fingerprint density at radius 1 is 0.823 bits per heavy atom. The Morgan fingerprint density at radius 2 is 1.48 bits per heavy atom. The van der Waals surface area contributed by atoms with Gasteiger partial charge in [-0.05, 0) is 131 Å². The maximum absolute atomic E-state index is 14.5. The number of likely N-dealkylation sites (tertiary alicyclic amines) is 1. The topological polar surface area (TPSA) is 176 Å². The highest BCUT2D eigenvalue weighted by Gasteiger charge is 2.47. The highest BCUT2D eigenvalue weighted by Crippen LogP contribution is 2.38. The van der Waals surface area contributed by atoms with Gasteiger partial charge in [-0.1, -0.05) is 62.8 Å². The Hall–Kier alpha value is -4.17. The van der Waals surface area contributed by atoms with E-state index in [2.05, 4.69) is 29.8 Å². The Kier molecular flexibility index (Phi) is 18.7. The second-order valence-corrected chi connectivity index (χ2v) is 20.3. The minimum atomic E-state index is -0.925. The van der Waals surface area contributed by atoms with Crippen molar-refractivity contribution in [2.24, 2.45) is 11.8 Å². The molecule has 2 aliphatic heterocycles. The minimum Gasteiger partial charge on any atom is -0.461 e. The number of nitrogens with zero attached hydrogens (tertiary/aromatic N) is 2. The zero-order chi connectivity index (χ0) is 45.7. The van der Waals surface area contributed by atoms with Gasteiger partial charge in [-0.3, -0.25) is 9.59 Å². The number of esters is 1. The summed E-state index contributed by atoms with van der Waals surface area (Å²) in [5.41, 5.74) is -1.04. The minimum absolute atomic E-state index is 0.199. The van der Waals surface area contributed by atoms with Crippen molar-refractivity contribution < 1.29 is 43.4 Å². The van der Waals surface area contributed by atoms with Crippen LogP contribution in [0.1, 0.15) is 151 Å². The number of benzene rings is 1. The molecule has 3 aliphatic rings. The van der Waals surface area contributed by atoms with Crippen LogP contribution in [0, 0.1) is 11.8 Å². The normalized spacial score (nSPS) is 21.2. The SMILES string of the molecule is CC(C)C[C@@H](/C=C/[C@H](Cc1ccccc1)C(=O)N1CCC[C@@H]1C(=O)N[C@@H](CCCCNC(=O)OC1CC(C)(C)N([O])C(C)(C)C1)C(=O)OC1CCCCC1)NC(=O)OC(C)(C)C. The molecule has 62 heavy (non-hydrogen) atoms. The molecule has 0 aromatic heterocycles. The number of piperidine rings is 1. The molecule has 2 saturated heterocycles. The number of hydrogen-bond donors (Lipinski definition) is 3. The zero-order valence-electron chi connectivity index (χ0n) is 39.0. The highest BCUT2D eigenvalue weighted by molar-refractivity contribution is 5.92. The average Bonchev–Trinajstić information content (AvgIpc) is 3.67. The number of amides is 4. The lowest BCUT2D eigenvalue weighted by Gasteiger charge is -2.49. The summed E-state index contributed by atoms with van der Waals surface area (Å²) in [6, 6.07) is 7.63.